The molecule has 7 heteroatoms. The van der Waals surface area contributed by atoms with Gasteiger partial charge in [0.25, 0.3) is 0 Å². The zero-order valence-corrected chi connectivity index (χ0v) is 16.9. The predicted octanol–water partition coefficient (Wildman–Crippen LogP) is 2.78. The fraction of sp³-hybridized carbons (Fsp3) is 0.611. The molecular weight excluding hydrogens is 361 g/mol. The molecule has 0 saturated heterocycles. The number of carbonyl (C=O) groups is 1. The standard InChI is InChI=1S/C18H29N3O2.2ClH/c1-21(2)16(14-7-6-8-15(11-14)23-3)12-20-17(22)18(13-19)9-4-5-10-18;;/h6-8,11,16H,4-5,9-10,12-13,19H2,1-3H3,(H,20,22);2*1H. The molecule has 25 heavy (non-hydrogen) atoms. The molecule has 0 aromatic heterocycles. The summed E-state index contributed by atoms with van der Waals surface area (Å²) in [5.74, 6) is 0.933. The summed E-state index contributed by atoms with van der Waals surface area (Å²) in [5, 5.41) is 3.13. The van der Waals surface area contributed by atoms with Crippen LogP contribution in [0.3, 0.4) is 0 Å². The van der Waals surface area contributed by atoms with Crippen LogP contribution in [-0.4, -0.2) is 45.1 Å². The summed E-state index contributed by atoms with van der Waals surface area (Å²) >= 11 is 0. The molecule has 1 fully saturated rings. The Bertz CT molecular complexity index is 535. The molecule has 1 atom stereocenters. The first-order valence-electron chi connectivity index (χ1n) is 8.31. The number of benzene rings is 1. The quantitative estimate of drug-likeness (QED) is 0.749. The number of hydrogen-bond donors (Lipinski definition) is 2. The first-order valence-corrected chi connectivity index (χ1v) is 8.31. The summed E-state index contributed by atoms with van der Waals surface area (Å²) < 4.78 is 5.30. The van der Waals surface area contributed by atoms with Crippen LogP contribution < -0.4 is 15.8 Å². The number of nitrogens with one attached hydrogen (secondary N) is 1. The molecule has 0 bridgehead atoms. The van der Waals surface area contributed by atoms with Gasteiger partial charge in [-0.05, 0) is 44.6 Å². The molecule has 0 radical (unpaired) electrons. The van der Waals surface area contributed by atoms with Gasteiger partial charge in [-0.25, -0.2) is 0 Å². The van der Waals surface area contributed by atoms with E-state index in [9.17, 15) is 4.79 Å². The van der Waals surface area contributed by atoms with Crippen molar-refractivity contribution in [3.8, 4) is 5.75 Å². The van der Waals surface area contributed by atoms with E-state index in [2.05, 4.69) is 16.3 Å². The average Bonchev–Trinajstić information content (AvgIpc) is 3.05. The Kier molecular flexibility index (Phi) is 10.4. The molecule has 1 amide bonds. The molecule has 1 aliphatic rings. The summed E-state index contributed by atoms with van der Waals surface area (Å²) in [6.07, 6.45) is 4.00. The highest BCUT2D eigenvalue weighted by Crippen LogP contribution is 2.37. The van der Waals surface area contributed by atoms with Crippen molar-refractivity contribution in [3.63, 3.8) is 0 Å². The molecule has 1 unspecified atom stereocenters. The van der Waals surface area contributed by atoms with Gasteiger partial charge in [-0.2, -0.15) is 0 Å². The largest absolute Gasteiger partial charge is 0.497 e. The van der Waals surface area contributed by atoms with E-state index in [1.54, 1.807) is 7.11 Å². The van der Waals surface area contributed by atoms with Crippen LogP contribution in [0.1, 0.15) is 37.3 Å². The smallest absolute Gasteiger partial charge is 0.227 e. The van der Waals surface area contributed by atoms with Crippen molar-refractivity contribution in [1.82, 2.24) is 10.2 Å². The lowest BCUT2D eigenvalue weighted by Crippen LogP contribution is -2.46. The lowest BCUT2D eigenvalue weighted by Gasteiger charge is -2.30. The first-order chi connectivity index (χ1) is 11.0. The van der Waals surface area contributed by atoms with E-state index in [1.807, 2.05) is 32.3 Å². The van der Waals surface area contributed by atoms with Crippen LogP contribution in [0.25, 0.3) is 0 Å². The van der Waals surface area contributed by atoms with Crippen molar-refractivity contribution in [1.29, 1.82) is 0 Å². The molecule has 5 nitrogen and oxygen atoms in total. The van der Waals surface area contributed by atoms with Gasteiger partial charge in [-0.15, -0.1) is 24.8 Å². The highest BCUT2D eigenvalue weighted by atomic mass is 35.5. The van der Waals surface area contributed by atoms with Gasteiger partial charge in [0.05, 0.1) is 18.6 Å². The van der Waals surface area contributed by atoms with Gasteiger partial charge >= 0.3 is 0 Å². The third-order valence-electron chi connectivity index (χ3n) is 4.99. The molecule has 1 aliphatic carbocycles. The fourth-order valence-corrected chi connectivity index (χ4v) is 3.40. The monoisotopic (exact) mass is 391 g/mol. The summed E-state index contributed by atoms with van der Waals surface area (Å²) in [5.41, 5.74) is 6.67. The maximum Gasteiger partial charge on any atom is 0.227 e. The van der Waals surface area contributed by atoms with Gasteiger partial charge in [0.1, 0.15) is 5.75 Å². The maximum absolute atomic E-state index is 12.6. The summed E-state index contributed by atoms with van der Waals surface area (Å²) in [4.78, 5) is 14.8. The first kappa shape index (κ1) is 24.0. The molecule has 1 aromatic carbocycles. The Labute approximate surface area is 163 Å². The van der Waals surface area contributed by atoms with E-state index in [0.717, 1.165) is 37.0 Å². The van der Waals surface area contributed by atoms with Gasteiger partial charge < -0.3 is 20.7 Å². The normalized spacial score (nSPS) is 16.5. The minimum atomic E-state index is -0.356. The van der Waals surface area contributed by atoms with Gasteiger partial charge in [0.2, 0.25) is 5.91 Å². The second kappa shape index (κ2) is 10.9. The third kappa shape index (κ3) is 5.74. The molecule has 3 N–H and O–H groups in total. The van der Waals surface area contributed by atoms with Crippen molar-refractivity contribution < 1.29 is 9.53 Å². The number of methoxy groups -OCH3 is 1. The van der Waals surface area contributed by atoms with Gasteiger partial charge in [0, 0.05) is 13.1 Å². The Hall–Kier alpha value is -1.01. The van der Waals surface area contributed by atoms with Crippen molar-refractivity contribution in [2.24, 2.45) is 11.1 Å². The molecule has 0 heterocycles. The van der Waals surface area contributed by atoms with Crippen LogP contribution in [0.4, 0.5) is 0 Å². The second-order valence-corrected chi connectivity index (χ2v) is 6.66. The Morgan fingerprint density at radius 2 is 1.96 bits per heavy atom. The number of nitrogens with zero attached hydrogens (tertiary/aromatic N) is 1. The van der Waals surface area contributed by atoms with Crippen molar-refractivity contribution in [3.05, 3.63) is 29.8 Å². The van der Waals surface area contributed by atoms with E-state index in [1.165, 1.54) is 0 Å². The highest BCUT2D eigenvalue weighted by Gasteiger charge is 2.39. The maximum atomic E-state index is 12.6. The van der Waals surface area contributed by atoms with E-state index in [-0.39, 0.29) is 42.2 Å². The van der Waals surface area contributed by atoms with Crippen LogP contribution in [0.5, 0.6) is 5.75 Å². The summed E-state index contributed by atoms with van der Waals surface area (Å²) in [6, 6.07) is 8.09. The summed E-state index contributed by atoms with van der Waals surface area (Å²) in [7, 11) is 5.70. The third-order valence-corrected chi connectivity index (χ3v) is 4.99. The number of nitrogens with two attached hydrogens (primary N) is 1. The SMILES string of the molecule is COc1cccc(C(CNC(=O)C2(CN)CCCC2)N(C)C)c1.Cl.Cl. The van der Waals surface area contributed by atoms with E-state index in [0.29, 0.717) is 13.1 Å². The second-order valence-electron chi connectivity index (χ2n) is 6.66. The molecule has 0 aliphatic heterocycles. The topological polar surface area (TPSA) is 67.6 Å². The molecule has 2 rings (SSSR count). The molecule has 1 aromatic rings. The number of ether oxygens (including phenoxy) is 1. The van der Waals surface area contributed by atoms with Crippen molar-refractivity contribution >= 4 is 30.7 Å². The number of likely N-dealkylation sites (N-methyl/N-ethyl adjacent to an activating group) is 1. The molecule has 0 spiro atoms. The number of carbonyl (C=O) groups excluding carboxylic acids is 1. The van der Waals surface area contributed by atoms with E-state index in [4.69, 9.17) is 10.5 Å². The Morgan fingerprint density at radius 3 is 2.48 bits per heavy atom. The molecule has 144 valence electrons. The highest BCUT2D eigenvalue weighted by molar-refractivity contribution is 5.85. The molecule has 1 saturated carbocycles. The minimum absolute atomic E-state index is 0. The average molecular weight is 392 g/mol. The van der Waals surface area contributed by atoms with Gasteiger partial charge in [-0.1, -0.05) is 25.0 Å². The molecular formula is C18H31Cl2N3O2. The van der Waals surface area contributed by atoms with Gasteiger partial charge in [0.15, 0.2) is 0 Å². The van der Waals surface area contributed by atoms with Crippen molar-refractivity contribution in [2.75, 3.05) is 34.3 Å². The lowest BCUT2D eigenvalue weighted by atomic mass is 9.85. The predicted molar refractivity (Wildman–Crippen MR) is 107 cm³/mol. The fourth-order valence-electron chi connectivity index (χ4n) is 3.40. The van der Waals surface area contributed by atoms with E-state index >= 15 is 0 Å². The zero-order chi connectivity index (χ0) is 16.9. The van der Waals surface area contributed by atoms with Crippen LogP contribution in [0.15, 0.2) is 24.3 Å². The number of amides is 1. The Balaban J connectivity index is 0.00000288. The lowest BCUT2D eigenvalue weighted by molar-refractivity contribution is -0.130. The zero-order valence-electron chi connectivity index (χ0n) is 15.3. The van der Waals surface area contributed by atoms with Crippen molar-refractivity contribution in [2.45, 2.75) is 31.7 Å². The number of rotatable bonds is 7. The number of halogens is 2. The van der Waals surface area contributed by atoms with Gasteiger partial charge in [-0.3, -0.25) is 4.79 Å². The minimum Gasteiger partial charge on any atom is -0.497 e. The van der Waals surface area contributed by atoms with Crippen LogP contribution in [-0.2, 0) is 4.79 Å². The summed E-state index contributed by atoms with van der Waals surface area (Å²) in [6.45, 7) is 1.01. The Morgan fingerprint density at radius 1 is 1.32 bits per heavy atom. The van der Waals surface area contributed by atoms with Crippen LogP contribution in [0, 0.1) is 5.41 Å². The van der Waals surface area contributed by atoms with E-state index < -0.39 is 0 Å². The van der Waals surface area contributed by atoms with Crippen LogP contribution in [0.2, 0.25) is 0 Å². The number of hydrogen-bond acceptors (Lipinski definition) is 4. The van der Waals surface area contributed by atoms with Crippen LogP contribution >= 0.6 is 24.8 Å².